The van der Waals surface area contributed by atoms with E-state index in [9.17, 15) is 0 Å². The predicted octanol–water partition coefficient (Wildman–Crippen LogP) is 0.333. The highest BCUT2D eigenvalue weighted by Crippen LogP contribution is 1.82. The predicted molar refractivity (Wildman–Crippen MR) is 26.0 cm³/mol. The van der Waals surface area contributed by atoms with Gasteiger partial charge in [0.05, 0.1) is 0 Å². The van der Waals surface area contributed by atoms with Gasteiger partial charge in [-0.1, -0.05) is 5.22 Å². The summed E-state index contributed by atoms with van der Waals surface area (Å²) in [5.41, 5.74) is 2.59. The van der Waals surface area contributed by atoms with Crippen LogP contribution in [-0.2, 0) is 0 Å². The summed E-state index contributed by atoms with van der Waals surface area (Å²) >= 11 is 0. The van der Waals surface area contributed by atoms with Crippen molar-refractivity contribution >= 4 is 5.84 Å². The number of nitrogens with zero attached hydrogens (tertiary/aromatic N) is 3. The fourth-order valence-corrected chi connectivity index (χ4v) is 0.312. The summed E-state index contributed by atoms with van der Waals surface area (Å²) in [5, 5.41) is 7.06. The van der Waals surface area contributed by atoms with E-state index in [1.54, 1.807) is 0 Å². The maximum atomic E-state index is 3.88. The van der Waals surface area contributed by atoms with Crippen LogP contribution in [0, 0.1) is 0 Å². The molecule has 1 rings (SSSR count). The van der Waals surface area contributed by atoms with Gasteiger partial charge in [0.25, 0.3) is 0 Å². The van der Waals surface area contributed by atoms with Crippen molar-refractivity contribution < 1.29 is 0 Å². The third kappa shape index (κ3) is 0.956. The van der Waals surface area contributed by atoms with Crippen molar-refractivity contribution in [1.29, 1.82) is 0 Å². The normalized spacial score (nSPS) is 18.1. The van der Waals surface area contributed by atoms with Crippen LogP contribution in [0.2, 0.25) is 0 Å². The van der Waals surface area contributed by atoms with E-state index in [0.717, 1.165) is 5.84 Å². The summed E-state index contributed by atoms with van der Waals surface area (Å²) < 4.78 is 0. The first-order chi connectivity index (χ1) is 3.39. The Labute approximate surface area is 41.3 Å². The van der Waals surface area contributed by atoms with Crippen LogP contribution in [0.5, 0.6) is 0 Å². The fraction of sp³-hybridized carbons (Fsp3) is 0.667. The molecule has 0 spiro atoms. The van der Waals surface area contributed by atoms with Gasteiger partial charge in [-0.3, -0.25) is 0 Å². The van der Waals surface area contributed by atoms with Crippen molar-refractivity contribution in [2.45, 2.75) is 6.92 Å². The van der Waals surface area contributed by atoms with E-state index >= 15 is 0 Å². The molecule has 0 aliphatic carbocycles. The van der Waals surface area contributed by atoms with Gasteiger partial charge in [0.1, 0.15) is 5.84 Å². The summed E-state index contributed by atoms with van der Waals surface area (Å²) in [6.45, 7) is 2.32. The van der Waals surface area contributed by atoms with Crippen LogP contribution in [-0.4, -0.2) is 12.5 Å². The van der Waals surface area contributed by atoms with Crippen LogP contribution in [0.1, 0.15) is 6.92 Å². The van der Waals surface area contributed by atoms with E-state index in [-0.39, 0.29) is 0 Å². The van der Waals surface area contributed by atoms with Crippen molar-refractivity contribution in [2.24, 2.45) is 15.3 Å². The zero-order chi connectivity index (χ0) is 5.11. The van der Waals surface area contributed by atoms with Crippen LogP contribution < -0.4 is 5.43 Å². The Hall–Kier alpha value is -0.930. The average Bonchev–Trinajstić information content (AvgIpc) is 1.69. The molecule has 1 N–H and O–H groups in total. The first-order valence-corrected chi connectivity index (χ1v) is 2.03. The fourth-order valence-electron chi connectivity index (χ4n) is 0.312. The number of rotatable bonds is 0. The topological polar surface area (TPSA) is 49.1 Å². The maximum Gasteiger partial charge on any atom is 0.154 e. The van der Waals surface area contributed by atoms with Crippen molar-refractivity contribution in [2.75, 3.05) is 6.67 Å². The molecule has 1 aliphatic rings. The second-order valence-corrected chi connectivity index (χ2v) is 1.24. The second-order valence-electron chi connectivity index (χ2n) is 1.24. The van der Waals surface area contributed by atoms with Crippen LogP contribution >= 0.6 is 0 Å². The van der Waals surface area contributed by atoms with E-state index in [1.165, 1.54) is 0 Å². The second kappa shape index (κ2) is 1.68. The zero-order valence-corrected chi connectivity index (χ0v) is 4.05. The van der Waals surface area contributed by atoms with E-state index in [1.807, 2.05) is 6.92 Å². The average molecular weight is 98.1 g/mol. The summed E-state index contributed by atoms with van der Waals surface area (Å²) in [6, 6.07) is 0. The molecule has 0 aromatic carbocycles. The number of hydrogen-bond donors (Lipinski definition) is 1. The van der Waals surface area contributed by atoms with Crippen molar-refractivity contribution in [3.8, 4) is 0 Å². The molecule has 38 valence electrons. The lowest BCUT2D eigenvalue weighted by molar-refractivity contribution is 0.780. The number of hydrogen-bond acceptors (Lipinski definition) is 4. The van der Waals surface area contributed by atoms with Gasteiger partial charge in [-0.2, -0.15) is 0 Å². The molecule has 0 saturated carbocycles. The molecule has 7 heavy (non-hydrogen) atoms. The summed E-state index contributed by atoms with van der Waals surface area (Å²) in [4.78, 5) is 3.88. The number of amidine groups is 1. The first-order valence-electron chi connectivity index (χ1n) is 2.03. The van der Waals surface area contributed by atoms with Gasteiger partial charge in [0, 0.05) is 0 Å². The van der Waals surface area contributed by atoms with E-state index in [2.05, 4.69) is 20.8 Å². The van der Waals surface area contributed by atoms with Gasteiger partial charge in [-0.05, 0) is 6.92 Å². The molecule has 0 saturated heterocycles. The maximum absolute atomic E-state index is 3.88. The van der Waals surface area contributed by atoms with Gasteiger partial charge in [-0.25, -0.2) is 10.4 Å². The molecule has 0 atom stereocenters. The van der Waals surface area contributed by atoms with E-state index in [4.69, 9.17) is 0 Å². The molecular formula is C3H6N4. The Morgan fingerprint density at radius 2 is 2.57 bits per heavy atom. The smallest absolute Gasteiger partial charge is 0.154 e. The molecule has 1 heterocycles. The molecule has 4 nitrogen and oxygen atoms in total. The standard InChI is InChI=1S/C3H6N4/c1-3-4-2-5-7-6-3/h2H2,1H3,(H,4,5,6). The summed E-state index contributed by atoms with van der Waals surface area (Å²) in [5.74, 6) is 0.829. The van der Waals surface area contributed by atoms with Gasteiger partial charge >= 0.3 is 0 Å². The van der Waals surface area contributed by atoms with Crippen LogP contribution in [0.3, 0.4) is 0 Å². The molecular weight excluding hydrogens is 92.1 g/mol. The van der Waals surface area contributed by atoms with Crippen molar-refractivity contribution in [3.05, 3.63) is 0 Å². The lowest BCUT2D eigenvalue weighted by Crippen LogP contribution is -2.15. The number of nitrogens with one attached hydrogen (secondary N) is 1. The quantitative estimate of drug-likeness (QED) is 0.466. The van der Waals surface area contributed by atoms with Gasteiger partial charge in [0.2, 0.25) is 0 Å². The molecule has 0 unspecified atom stereocenters. The van der Waals surface area contributed by atoms with Crippen LogP contribution in [0.25, 0.3) is 0 Å². The summed E-state index contributed by atoms with van der Waals surface area (Å²) in [6.07, 6.45) is 0. The lowest BCUT2D eigenvalue weighted by atomic mass is 10.7. The number of aliphatic imine (C=N–C) groups is 1. The Kier molecular flexibility index (Phi) is 1.02. The third-order valence-electron chi connectivity index (χ3n) is 0.654. The molecule has 0 bridgehead atoms. The molecule has 1 aliphatic heterocycles. The van der Waals surface area contributed by atoms with Gasteiger partial charge in [-0.15, -0.1) is 5.11 Å². The summed E-state index contributed by atoms with van der Waals surface area (Å²) in [7, 11) is 0. The van der Waals surface area contributed by atoms with Gasteiger partial charge in [0.15, 0.2) is 6.67 Å². The van der Waals surface area contributed by atoms with Crippen LogP contribution in [0.15, 0.2) is 15.3 Å². The Balaban J connectivity index is 2.50. The highest BCUT2D eigenvalue weighted by atomic mass is 15.5. The molecule has 0 radical (unpaired) electrons. The minimum atomic E-state index is 0.471. The lowest BCUT2D eigenvalue weighted by Gasteiger charge is -1.98. The van der Waals surface area contributed by atoms with E-state index in [0.29, 0.717) is 6.67 Å². The molecule has 0 aromatic rings. The van der Waals surface area contributed by atoms with Crippen molar-refractivity contribution in [1.82, 2.24) is 5.43 Å². The highest BCUT2D eigenvalue weighted by Gasteiger charge is 1.88. The molecule has 4 heteroatoms. The van der Waals surface area contributed by atoms with Gasteiger partial charge < -0.3 is 0 Å². The van der Waals surface area contributed by atoms with Crippen molar-refractivity contribution in [3.63, 3.8) is 0 Å². The SMILES string of the molecule is CC1=NCN=NN1. The Morgan fingerprint density at radius 1 is 1.71 bits per heavy atom. The largest absolute Gasteiger partial charge is 0.247 e. The minimum Gasteiger partial charge on any atom is -0.247 e. The Bertz CT molecular complexity index is 114. The molecule has 0 amide bonds. The molecule has 0 aromatic heterocycles. The van der Waals surface area contributed by atoms with Crippen LogP contribution in [0.4, 0.5) is 0 Å². The highest BCUT2D eigenvalue weighted by molar-refractivity contribution is 5.79. The zero-order valence-electron chi connectivity index (χ0n) is 4.05. The minimum absolute atomic E-state index is 0.471. The molecule has 0 fully saturated rings. The Morgan fingerprint density at radius 3 is 2.86 bits per heavy atom. The monoisotopic (exact) mass is 98.1 g/mol. The van der Waals surface area contributed by atoms with E-state index < -0.39 is 0 Å². The third-order valence-corrected chi connectivity index (χ3v) is 0.654. The first kappa shape index (κ1) is 4.23.